The van der Waals surface area contributed by atoms with Gasteiger partial charge in [0.1, 0.15) is 0 Å². The largest absolute Gasteiger partial charge is 0.419 e. The van der Waals surface area contributed by atoms with Gasteiger partial charge in [-0.15, -0.1) is 0 Å². The molecule has 1 aliphatic carbocycles. The van der Waals surface area contributed by atoms with Crippen molar-refractivity contribution in [3.8, 4) is 0 Å². The second-order valence-corrected chi connectivity index (χ2v) is 5.76. The third-order valence-electron chi connectivity index (χ3n) is 4.12. The minimum absolute atomic E-state index is 0.115. The lowest BCUT2D eigenvalue weighted by atomic mass is 9.77. The summed E-state index contributed by atoms with van der Waals surface area (Å²) in [6, 6.07) is -0.242. The zero-order valence-electron chi connectivity index (χ0n) is 11.2. The molecule has 3 atom stereocenters. The van der Waals surface area contributed by atoms with Crippen LogP contribution in [0.4, 0.5) is 13.2 Å². The highest BCUT2D eigenvalue weighted by atomic mass is 19.4. The van der Waals surface area contributed by atoms with E-state index in [9.17, 15) is 13.2 Å². The molecule has 0 amide bonds. The van der Waals surface area contributed by atoms with Crippen molar-refractivity contribution < 1.29 is 13.2 Å². The Hall–Kier alpha value is -1.04. The fourth-order valence-electron chi connectivity index (χ4n) is 2.78. The molecular formula is C13H20F3N3. The molecule has 0 spiro atoms. The van der Waals surface area contributed by atoms with Gasteiger partial charge < -0.3 is 5.73 Å². The molecule has 0 aliphatic heterocycles. The first kappa shape index (κ1) is 14.4. The van der Waals surface area contributed by atoms with Crippen molar-refractivity contribution in [3.05, 3.63) is 18.0 Å². The maximum atomic E-state index is 12.6. The molecule has 3 unspecified atom stereocenters. The molecule has 0 aromatic carbocycles. The summed E-state index contributed by atoms with van der Waals surface area (Å²) < 4.78 is 39.2. The summed E-state index contributed by atoms with van der Waals surface area (Å²) >= 11 is 0. The Bertz CT molecular complexity index is 425. The number of hydrogen-bond donors (Lipinski definition) is 1. The maximum absolute atomic E-state index is 12.6. The number of nitrogens with two attached hydrogens (primary N) is 1. The monoisotopic (exact) mass is 275 g/mol. The van der Waals surface area contributed by atoms with Gasteiger partial charge in [-0.3, -0.25) is 4.68 Å². The smallest absolute Gasteiger partial charge is 0.326 e. The molecule has 2 rings (SSSR count). The fourth-order valence-corrected chi connectivity index (χ4v) is 2.78. The summed E-state index contributed by atoms with van der Waals surface area (Å²) in [5.74, 6) is 1.02. The van der Waals surface area contributed by atoms with Gasteiger partial charge in [0, 0.05) is 12.2 Å². The first-order valence-electron chi connectivity index (χ1n) is 6.66. The highest BCUT2D eigenvalue weighted by Gasteiger charge is 2.35. The van der Waals surface area contributed by atoms with Crippen molar-refractivity contribution in [2.75, 3.05) is 0 Å². The average molecular weight is 275 g/mol. The van der Waals surface area contributed by atoms with Crippen LogP contribution in [0.3, 0.4) is 0 Å². The van der Waals surface area contributed by atoms with Crippen LogP contribution in [-0.4, -0.2) is 15.8 Å². The van der Waals surface area contributed by atoms with Gasteiger partial charge in [-0.2, -0.15) is 18.3 Å². The van der Waals surface area contributed by atoms with Crippen LogP contribution >= 0.6 is 0 Å². The van der Waals surface area contributed by atoms with Crippen molar-refractivity contribution in [2.45, 2.75) is 51.4 Å². The lowest BCUT2D eigenvalue weighted by Gasteiger charge is -2.36. The first-order valence-corrected chi connectivity index (χ1v) is 6.66. The SMILES string of the molecule is CC(C)C1CCC(N)C(n2cc(C(F)(F)F)cn2)C1. The summed E-state index contributed by atoms with van der Waals surface area (Å²) in [6.07, 6.45) is 0.308. The Balaban J connectivity index is 2.17. The van der Waals surface area contributed by atoms with Crippen molar-refractivity contribution in [2.24, 2.45) is 17.6 Å². The summed E-state index contributed by atoms with van der Waals surface area (Å²) in [4.78, 5) is 0. The van der Waals surface area contributed by atoms with Crippen LogP contribution in [-0.2, 0) is 6.18 Å². The molecule has 0 radical (unpaired) electrons. The molecule has 3 nitrogen and oxygen atoms in total. The van der Waals surface area contributed by atoms with Gasteiger partial charge in [0.2, 0.25) is 0 Å². The fraction of sp³-hybridized carbons (Fsp3) is 0.769. The van der Waals surface area contributed by atoms with E-state index in [-0.39, 0.29) is 12.1 Å². The zero-order valence-corrected chi connectivity index (χ0v) is 11.2. The summed E-state index contributed by atoms with van der Waals surface area (Å²) in [7, 11) is 0. The molecule has 2 N–H and O–H groups in total. The molecule has 1 aromatic heterocycles. The second kappa shape index (κ2) is 5.15. The Morgan fingerprint density at radius 2 is 2.05 bits per heavy atom. The Morgan fingerprint density at radius 1 is 1.37 bits per heavy atom. The van der Waals surface area contributed by atoms with Crippen LogP contribution in [0, 0.1) is 11.8 Å². The number of alkyl halides is 3. The van der Waals surface area contributed by atoms with E-state index < -0.39 is 11.7 Å². The summed E-state index contributed by atoms with van der Waals surface area (Å²) in [5.41, 5.74) is 5.35. The first-order chi connectivity index (χ1) is 8.79. The van der Waals surface area contributed by atoms with Gasteiger partial charge >= 0.3 is 6.18 Å². The average Bonchev–Trinajstić information content (AvgIpc) is 2.78. The van der Waals surface area contributed by atoms with Gasteiger partial charge in [-0.05, 0) is 31.1 Å². The highest BCUT2D eigenvalue weighted by Crippen LogP contribution is 2.37. The van der Waals surface area contributed by atoms with Crippen LogP contribution in [0.25, 0.3) is 0 Å². The number of nitrogens with zero attached hydrogens (tertiary/aromatic N) is 2. The highest BCUT2D eigenvalue weighted by molar-refractivity contribution is 5.09. The molecule has 1 heterocycles. The molecule has 0 bridgehead atoms. The van der Waals surface area contributed by atoms with E-state index in [0.717, 1.165) is 31.7 Å². The molecule has 108 valence electrons. The van der Waals surface area contributed by atoms with E-state index in [2.05, 4.69) is 18.9 Å². The van der Waals surface area contributed by atoms with E-state index in [1.54, 1.807) is 0 Å². The van der Waals surface area contributed by atoms with Crippen LogP contribution in [0.2, 0.25) is 0 Å². The topological polar surface area (TPSA) is 43.8 Å². The van der Waals surface area contributed by atoms with Crippen molar-refractivity contribution in [1.82, 2.24) is 9.78 Å². The number of halogens is 3. The van der Waals surface area contributed by atoms with Crippen molar-refractivity contribution in [3.63, 3.8) is 0 Å². The second-order valence-electron chi connectivity index (χ2n) is 5.76. The van der Waals surface area contributed by atoms with Crippen LogP contribution < -0.4 is 5.73 Å². The zero-order chi connectivity index (χ0) is 14.2. The van der Waals surface area contributed by atoms with E-state index >= 15 is 0 Å². The summed E-state index contributed by atoms with van der Waals surface area (Å²) in [5, 5.41) is 3.87. The number of hydrogen-bond acceptors (Lipinski definition) is 2. The molecule has 6 heteroatoms. The lowest BCUT2D eigenvalue weighted by molar-refractivity contribution is -0.137. The standard InChI is InChI=1S/C13H20F3N3/c1-8(2)9-3-4-11(17)12(5-9)19-7-10(6-18-19)13(14,15)16/h6-9,11-12H,3-5,17H2,1-2H3. The minimum atomic E-state index is -4.34. The molecule has 1 saturated carbocycles. The van der Waals surface area contributed by atoms with Crippen LogP contribution in [0.1, 0.15) is 44.7 Å². The van der Waals surface area contributed by atoms with Crippen molar-refractivity contribution in [1.29, 1.82) is 0 Å². The Morgan fingerprint density at radius 3 is 2.58 bits per heavy atom. The predicted octanol–water partition coefficient (Wildman–Crippen LogP) is 3.23. The van der Waals surface area contributed by atoms with E-state index in [1.807, 2.05) is 0 Å². The van der Waals surface area contributed by atoms with Gasteiger partial charge in [0.25, 0.3) is 0 Å². The Labute approximate surface area is 111 Å². The lowest BCUT2D eigenvalue weighted by Crippen LogP contribution is -2.39. The molecular weight excluding hydrogens is 255 g/mol. The van der Waals surface area contributed by atoms with Gasteiger partial charge in [0.15, 0.2) is 0 Å². The third kappa shape index (κ3) is 3.11. The predicted molar refractivity (Wildman–Crippen MR) is 66.4 cm³/mol. The third-order valence-corrected chi connectivity index (χ3v) is 4.12. The summed E-state index contributed by atoms with van der Waals surface area (Å²) in [6.45, 7) is 4.28. The van der Waals surface area contributed by atoms with E-state index in [4.69, 9.17) is 5.73 Å². The van der Waals surface area contributed by atoms with Gasteiger partial charge in [0.05, 0.1) is 17.8 Å². The number of aromatic nitrogens is 2. The minimum Gasteiger partial charge on any atom is -0.326 e. The van der Waals surface area contributed by atoms with Crippen LogP contribution in [0.15, 0.2) is 12.4 Å². The molecule has 1 aromatic rings. The van der Waals surface area contributed by atoms with Crippen molar-refractivity contribution >= 4 is 0 Å². The van der Waals surface area contributed by atoms with Crippen LogP contribution in [0.5, 0.6) is 0 Å². The van der Waals surface area contributed by atoms with E-state index in [0.29, 0.717) is 11.8 Å². The number of rotatable bonds is 2. The molecule has 19 heavy (non-hydrogen) atoms. The van der Waals surface area contributed by atoms with Gasteiger partial charge in [-0.25, -0.2) is 0 Å². The van der Waals surface area contributed by atoms with Gasteiger partial charge in [-0.1, -0.05) is 13.8 Å². The normalized spacial score (nSPS) is 28.9. The molecule has 0 saturated heterocycles. The maximum Gasteiger partial charge on any atom is 0.419 e. The Kier molecular flexibility index (Phi) is 3.90. The van der Waals surface area contributed by atoms with E-state index in [1.165, 1.54) is 4.68 Å². The quantitative estimate of drug-likeness (QED) is 0.900. The molecule has 1 fully saturated rings. The molecule has 1 aliphatic rings.